The number of methoxy groups -OCH3 is 1. The van der Waals surface area contributed by atoms with Gasteiger partial charge >= 0.3 is 13.1 Å². The highest BCUT2D eigenvalue weighted by molar-refractivity contribution is 6.62. The van der Waals surface area contributed by atoms with Crippen molar-refractivity contribution < 1.29 is 23.6 Å². The second-order valence-electron chi connectivity index (χ2n) is 7.38. The molecular weight excluding hydrogens is 335 g/mol. The third kappa shape index (κ3) is 4.44. The Balaban J connectivity index is 1.91. The Hall–Kier alpha value is -1.90. The van der Waals surface area contributed by atoms with Crippen LogP contribution in [0.1, 0.15) is 44.5 Å². The summed E-state index contributed by atoms with van der Waals surface area (Å²) in [5.74, 6) is -0.728. The van der Waals surface area contributed by atoms with Gasteiger partial charge in [-0.15, -0.1) is 0 Å². The Morgan fingerprint density at radius 1 is 1.15 bits per heavy atom. The Bertz CT molecular complexity index is 644. The van der Waals surface area contributed by atoms with Crippen LogP contribution in [0, 0.1) is 0 Å². The van der Waals surface area contributed by atoms with E-state index in [-0.39, 0.29) is 12.5 Å². The second kappa shape index (κ2) is 7.78. The van der Waals surface area contributed by atoms with Crippen molar-refractivity contribution in [2.24, 2.45) is 5.73 Å². The summed E-state index contributed by atoms with van der Waals surface area (Å²) >= 11 is 0. The number of carbonyl (C=O) groups is 2. The zero-order chi connectivity index (χ0) is 19.5. The predicted molar refractivity (Wildman–Crippen MR) is 99.1 cm³/mol. The molecule has 1 aromatic rings. The molecule has 1 saturated heterocycles. The highest BCUT2D eigenvalue weighted by Gasteiger charge is 2.51. The lowest BCUT2D eigenvalue weighted by Crippen LogP contribution is -2.41. The number of nitrogens with one attached hydrogen (secondary N) is 1. The van der Waals surface area contributed by atoms with Crippen LogP contribution in [-0.4, -0.2) is 49.9 Å². The molecule has 1 fully saturated rings. The normalized spacial score (nSPS) is 19.1. The number of nitrogens with two attached hydrogens (primary N) is 1. The zero-order valence-corrected chi connectivity index (χ0v) is 16.0. The molecule has 1 aliphatic rings. The number of esters is 1. The van der Waals surface area contributed by atoms with E-state index in [2.05, 4.69) is 10.1 Å². The minimum atomic E-state index is -0.744. The number of hydrogen-bond acceptors (Lipinski definition) is 6. The fraction of sp³-hybridized carbons (Fsp3) is 0.556. The Morgan fingerprint density at radius 3 is 2.19 bits per heavy atom. The lowest BCUT2D eigenvalue weighted by molar-refractivity contribution is -0.142. The maximum absolute atomic E-state index is 12.2. The van der Waals surface area contributed by atoms with Gasteiger partial charge in [0.15, 0.2) is 0 Å². The second-order valence-corrected chi connectivity index (χ2v) is 7.38. The van der Waals surface area contributed by atoms with Gasteiger partial charge in [0, 0.05) is 12.1 Å². The third-order valence-electron chi connectivity index (χ3n) is 4.94. The number of benzene rings is 1. The number of carbonyl (C=O) groups excluding carboxylic acids is 2. The average molecular weight is 362 g/mol. The largest absolute Gasteiger partial charge is 0.494 e. The lowest BCUT2D eigenvalue weighted by atomic mass is 9.79. The van der Waals surface area contributed by atoms with Crippen molar-refractivity contribution in [3.63, 3.8) is 0 Å². The van der Waals surface area contributed by atoms with Gasteiger partial charge in [-0.25, -0.2) is 0 Å². The van der Waals surface area contributed by atoms with Crippen molar-refractivity contribution in [1.82, 2.24) is 5.32 Å². The molecule has 1 atom stereocenters. The zero-order valence-electron chi connectivity index (χ0n) is 16.0. The lowest BCUT2D eigenvalue weighted by Gasteiger charge is -2.32. The Kier molecular flexibility index (Phi) is 6.11. The summed E-state index contributed by atoms with van der Waals surface area (Å²) < 4.78 is 16.5. The smallest absolute Gasteiger partial charge is 0.468 e. The molecule has 26 heavy (non-hydrogen) atoms. The topological polar surface area (TPSA) is 99.9 Å². The fourth-order valence-electron chi connectivity index (χ4n) is 2.48. The fourth-order valence-corrected chi connectivity index (χ4v) is 2.48. The number of hydrogen-bond donors (Lipinski definition) is 2. The molecule has 1 aromatic carbocycles. The average Bonchev–Trinajstić information content (AvgIpc) is 2.81. The van der Waals surface area contributed by atoms with Gasteiger partial charge in [0.05, 0.1) is 18.3 Å². The van der Waals surface area contributed by atoms with Crippen molar-refractivity contribution in [1.29, 1.82) is 0 Å². The van der Waals surface area contributed by atoms with Crippen molar-refractivity contribution in [2.75, 3.05) is 13.7 Å². The van der Waals surface area contributed by atoms with Crippen LogP contribution < -0.4 is 16.5 Å². The van der Waals surface area contributed by atoms with E-state index >= 15 is 0 Å². The summed E-state index contributed by atoms with van der Waals surface area (Å²) in [7, 11) is 0.817. The minimum absolute atomic E-state index is 0.234. The highest BCUT2D eigenvalue weighted by atomic mass is 16.7. The van der Waals surface area contributed by atoms with E-state index in [4.69, 9.17) is 15.0 Å². The van der Waals surface area contributed by atoms with E-state index in [0.717, 1.165) is 5.46 Å². The summed E-state index contributed by atoms with van der Waals surface area (Å²) in [5, 5.41) is 2.73. The molecule has 1 amide bonds. The summed E-state index contributed by atoms with van der Waals surface area (Å²) in [4.78, 5) is 23.4. The van der Waals surface area contributed by atoms with Gasteiger partial charge in [-0.3, -0.25) is 9.59 Å². The standard InChI is InChI=1S/C18H27BN2O5/c1-17(2)18(3,4)26-19(25-17)13-8-6-12(7-9-13)15(22)21-11-10-14(20)16(23)24-5/h6-9,14H,10-11,20H2,1-5H3,(H,21,22). The molecule has 0 radical (unpaired) electrons. The molecule has 1 aliphatic heterocycles. The van der Waals surface area contributed by atoms with Gasteiger partial charge in [0.1, 0.15) is 6.04 Å². The molecule has 142 valence electrons. The summed E-state index contributed by atoms with van der Waals surface area (Å²) in [6.07, 6.45) is 0.310. The van der Waals surface area contributed by atoms with Gasteiger partial charge in [0.2, 0.25) is 0 Å². The molecule has 0 aliphatic carbocycles. The maximum Gasteiger partial charge on any atom is 0.494 e. The first kappa shape index (κ1) is 20.4. The van der Waals surface area contributed by atoms with Crippen LogP contribution in [-0.2, 0) is 18.8 Å². The molecule has 0 bridgehead atoms. The van der Waals surface area contributed by atoms with E-state index in [9.17, 15) is 9.59 Å². The maximum atomic E-state index is 12.2. The van der Waals surface area contributed by atoms with Crippen LogP contribution in [0.5, 0.6) is 0 Å². The van der Waals surface area contributed by atoms with Crippen molar-refractivity contribution >= 4 is 24.5 Å². The number of rotatable bonds is 6. The van der Waals surface area contributed by atoms with Crippen LogP contribution >= 0.6 is 0 Å². The van der Waals surface area contributed by atoms with E-state index < -0.39 is 30.3 Å². The summed E-state index contributed by atoms with van der Waals surface area (Å²) in [5.41, 5.74) is 6.18. The Morgan fingerprint density at radius 2 is 1.69 bits per heavy atom. The van der Waals surface area contributed by atoms with Crippen LogP contribution in [0.4, 0.5) is 0 Å². The molecule has 0 saturated carbocycles. The molecule has 1 unspecified atom stereocenters. The Labute approximate surface area is 154 Å². The molecule has 8 heteroatoms. The van der Waals surface area contributed by atoms with Crippen molar-refractivity contribution in [2.45, 2.75) is 51.4 Å². The van der Waals surface area contributed by atoms with Crippen molar-refractivity contribution in [3.8, 4) is 0 Å². The SMILES string of the molecule is COC(=O)C(N)CCNC(=O)c1ccc(B2OC(C)(C)C(C)(C)O2)cc1. The van der Waals surface area contributed by atoms with E-state index in [1.165, 1.54) is 7.11 Å². The summed E-state index contributed by atoms with van der Waals surface area (Å²) in [6.45, 7) is 8.26. The first-order chi connectivity index (χ1) is 12.1. The van der Waals surface area contributed by atoms with E-state index in [0.29, 0.717) is 12.0 Å². The van der Waals surface area contributed by atoms with Crippen LogP contribution in [0.25, 0.3) is 0 Å². The minimum Gasteiger partial charge on any atom is -0.468 e. The summed E-state index contributed by atoms with van der Waals surface area (Å²) in [6, 6.07) is 6.33. The van der Waals surface area contributed by atoms with Gasteiger partial charge in [-0.05, 0) is 51.7 Å². The van der Waals surface area contributed by atoms with E-state index in [1.807, 2.05) is 39.8 Å². The quantitative estimate of drug-likeness (QED) is 0.568. The predicted octanol–water partition coefficient (Wildman–Crippen LogP) is 0.606. The molecule has 1 heterocycles. The van der Waals surface area contributed by atoms with Crippen LogP contribution in [0.3, 0.4) is 0 Å². The molecule has 0 spiro atoms. The van der Waals surface area contributed by atoms with Crippen molar-refractivity contribution in [3.05, 3.63) is 29.8 Å². The first-order valence-electron chi connectivity index (χ1n) is 8.64. The van der Waals surface area contributed by atoms with Crippen LogP contribution in [0.15, 0.2) is 24.3 Å². The van der Waals surface area contributed by atoms with E-state index in [1.54, 1.807) is 12.1 Å². The van der Waals surface area contributed by atoms with Gasteiger partial charge in [-0.1, -0.05) is 12.1 Å². The van der Waals surface area contributed by atoms with Crippen LogP contribution in [0.2, 0.25) is 0 Å². The molecule has 3 N–H and O–H groups in total. The molecule has 0 aromatic heterocycles. The molecular formula is C18H27BN2O5. The number of ether oxygens (including phenoxy) is 1. The third-order valence-corrected chi connectivity index (χ3v) is 4.94. The van der Waals surface area contributed by atoms with Gasteiger partial charge < -0.3 is 25.1 Å². The van der Waals surface area contributed by atoms with Gasteiger partial charge in [-0.2, -0.15) is 0 Å². The first-order valence-corrected chi connectivity index (χ1v) is 8.64. The monoisotopic (exact) mass is 362 g/mol. The highest BCUT2D eigenvalue weighted by Crippen LogP contribution is 2.36. The molecule has 2 rings (SSSR count). The molecule has 7 nitrogen and oxygen atoms in total. The van der Waals surface area contributed by atoms with Gasteiger partial charge in [0.25, 0.3) is 5.91 Å². The number of amides is 1.